The van der Waals surface area contributed by atoms with Crippen molar-refractivity contribution in [1.29, 1.82) is 5.26 Å². The highest BCUT2D eigenvalue weighted by Crippen LogP contribution is 2.38. The van der Waals surface area contributed by atoms with Crippen LogP contribution in [0.4, 0.5) is 5.82 Å². The highest BCUT2D eigenvalue weighted by molar-refractivity contribution is 5.86. The van der Waals surface area contributed by atoms with Crippen molar-refractivity contribution in [2.45, 2.75) is 18.4 Å². The van der Waals surface area contributed by atoms with Crippen molar-refractivity contribution < 1.29 is 9.90 Å². The maximum absolute atomic E-state index is 10.9. The number of anilines is 1. The third-order valence-corrected chi connectivity index (χ3v) is 2.39. The molecule has 0 aliphatic heterocycles. The number of carboxylic acids is 1. The Bertz CT molecular complexity index is 446. The predicted octanol–water partition coefficient (Wildman–Crippen LogP) is 0.982. The molecule has 0 bridgehead atoms. The van der Waals surface area contributed by atoms with Crippen LogP contribution in [0.25, 0.3) is 0 Å². The van der Waals surface area contributed by atoms with Gasteiger partial charge in [-0.25, -0.2) is 9.78 Å². The van der Waals surface area contributed by atoms with Crippen LogP contribution in [0.5, 0.6) is 0 Å². The number of carboxylic acid groups (broad SMARTS) is 1. The normalized spacial score (nSPS) is 16.5. The minimum Gasteiger partial charge on any atom is -0.480 e. The Morgan fingerprint density at radius 3 is 2.87 bits per heavy atom. The molecule has 5 heteroatoms. The van der Waals surface area contributed by atoms with Crippen LogP contribution < -0.4 is 5.32 Å². The molecule has 1 fully saturated rings. The standard InChI is InChI=1S/C10H9N3O2/c11-6-7-2-1-3-8(12-7)13-10(4-5-10)9(14)15/h1-3H,4-5H2,(H,12,13)(H,14,15). The van der Waals surface area contributed by atoms with Gasteiger partial charge in [-0.05, 0) is 25.0 Å². The lowest BCUT2D eigenvalue weighted by molar-refractivity contribution is -0.138. The number of pyridine rings is 1. The van der Waals surface area contributed by atoms with E-state index in [-0.39, 0.29) is 5.69 Å². The van der Waals surface area contributed by atoms with Crippen molar-refractivity contribution in [2.75, 3.05) is 5.32 Å². The minimum atomic E-state index is -0.869. The van der Waals surface area contributed by atoms with Gasteiger partial charge >= 0.3 is 5.97 Å². The topological polar surface area (TPSA) is 86.0 Å². The van der Waals surface area contributed by atoms with E-state index in [9.17, 15) is 4.79 Å². The van der Waals surface area contributed by atoms with Gasteiger partial charge in [0.1, 0.15) is 23.1 Å². The first-order valence-corrected chi connectivity index (χ1v) is 4.55. The lowest BCUT2D eigenvalue weighted by Gasteiger charge is -2.12. The molecule has 5 nitrogen and oxygen atoms in total. The van der Waals surface area contributed by atoms with E-state index in [4.69, 9.17) is 10.4 Å². The number of nitrogens with zero attached hydrogens (tertiary/aromatic N) is 2. The summed E-state index contributed by atoms with van der Waals surface area (Å²) in [5.74, 6) is -0.430. The van der Waals surface area contributed by atoms with Gasteiger partial charge < -0.3 is 10.4 Å². The molecule has 1 aromatic heterocycles. The molecule has 1 aliphatic carbocycles. The molecule has 2 N–H and O–H groups in total. The van der Waals surface area contributed by atoms with E-state index in [2.05, 4.69) is 10.3 Å². The van der Waals surface area contributed by atoms with Gasteiger partial charge in [0, 0.05) is 0 Å². The zero-order chi connectivity index (χ0) is 10.9. The summed E-state index contributed by atoms with van der Waals surface area (Å²) in [7, 11) is 0. The number of hydrogen-bond acceptors (Lipinski definition) is 4. The third kappa shape index (κ3) is 1.74. The summed E-state index contributed by atoms with van der Waals surface area (Å²) in [5, 5.41) is 20.4. The molecular formula is C10H9N3O2. The molecule has 0 saturated heterocycles. The van der Waals surface area contributed by atoms with Crippen molar-refractivity contribution in [2.24, 2.45) is 0 Å². The molecule has 1 heterocycles. The SMILES string of the molecule is N#Cc1cccc(NC2(C(=O)O)CC2)n1. The van der Waals surface area contributed by atoms with Gasteiger partial charge in [-0.2, -0.15) is 5.26 Å². The van der Waals surface area contributed by atoms with E-state index in [1.165, 1.54) is 0 Å². The highest BCUT2D eigenvalue weighted by Gasteiger charge is 2.50. The Morgan fingerprint density at radius 1 is 1.60 bits per heavy atom. The zero-order valence-electron chi connectivity index (χ0n) is 7.90. The Balaban J connectivity index is 2.18. The van der Waals surface area contributed by atoms with E-state index in [0.717, 1.165) is 0 Å². The van der Waals surface area contributed by atoms with Crippen LogP contribution >= 0.6 is 0 Å². The number of carbonyl (C=O) groups is 1. The van der Waals surface area contributed by atoms with Crippen LogP contribution in [0.1, 0.15) is 18.5 Å². The van der Waals surface area contributed by atoms with Gasteiger partial charge in [0.15, 0.2) is 0 Å². The maximum atomic E-state index is 10.9. The van der Waals surface area contributed by atoms with Crippen LogP contribution in [0, 0.1) is 11.3 Å². The number of aromatic nitrogens is 1. The van der Waals surface area contributed by atoms with Crippen molar-refractivity contribution >= 4 is 11.8 Å². The van der Waals surface area contributed by atoms with Gasteiger partial charge in [0.05, 0.1) is 0 Å². The molecule has 1 aliphatic rings. The number of nitrogens with one attached hydrogen (secondary N) is 1. The van der Waals surface area contributed by atoms with Crippen LogP contribution in [0.3, 0.4) is 0 Å². The number of rotatable bonds is 3. The van der Waals surface area contributed by atoms with Crippen LogP contribution in [0.2, 0.25) is 0 Å². The fourth-order valence-electron chi connectivity index (χ4n) is 1.33. The Labute approximate surface area is 86.4 Å². The van der Waals surface area contributed by atoms with Crippen molar-refractivity contribution in [3.8, 4) is 6.07 Å². The van der Waals surface area contributed by atoms with Crippen molar-refractivity contribution in [3.05, 3.63) is 23.9 Å². The third-order valence-electron chi connectivity index (χ3n) is 2.39. The monoisotopic (exact) mass is 203 g/mol. The molecule has 0 unspecified atom stereocenters. The van der Waals surface area contributed by atoms with E-state index in [1.54, 1.807) is 18.2 Å². The largest absolute Gasteiger partial charge is 0.480 e. The summed E-state index contributed by atoms with van der Waals surface area (Å²) < 4.78 is 0. The summed E-state index contributed by atoms with van der Waals surface area (Å²) in [5.41, 5.74) is -0.581. The first kappa shape index (κ1) is 9.46. The molecular weight excluding hydrogens is 194 g/mol. The second-order valence-corrected chi connectivity index (χ2v) is 3.53. The summed E-state index contributed by atoms with van der Waals surface area (Å²) in [4.78, 5) is 14.9. The van der Waals surface area contributed by atoms with Crippen LogP contribution in [-0.4, -0.2) is 21.6 Å². The maximum Gasteiger partial charge on any atom is 0.329 e. The predicted molar refractivity (Wildman–Crippen MR) is 52.2 cm³/mol. The summed E-state index contributed by atoms with van der Waals surface area (Å²) in [6.07, 6.45) is 1.20. The number of hydrogen-bond donors (Lipinski definition) is 2. The van der Waals surface area contributed by atoms with Gasteiger partial charge in [-0.3, -0.25) is 0 Å². The Morgan fingerprint density at radius 2 is 2.33 bits per heavy atom. The van der Waals surface area contributed by atoms with E-state index in [1.807, 2.05) is 6.07 Å². The second kappa shape index (κ2) is 3.24. The molecule has 0 atom stereocenters. The van der Waals surface area contributed by atoms with Gasteiger partial charge in [0.2, 0.25) is 0 Å². The summed E-state index contributed by atoms with van der Waals surface area (Å²) in [6.45, 7) is 0. The van der Waals surface area contributed by atoms with Crippen molar-refractivity contribution in [1.82, 2.24) is 4.98 Å². The van der Waals surface area contributed by atoms with E-state index >= 15 is 0 Å². The summed E-state index contributed by atoms with van der Waals surface area (Å²) >= 11 is 0. The summed E-state index contributed by atoms with van der Waals surface area (Å²) in [6, 6.07) is 6.81. The fraction of sp³-hybridized carbons (Fsp3) is 0.300. The van der Waals surface area contributed by atoms with E-state index < -0.39 is 11.5 Å². The first-order chi connectivity index (χ1) is 7.16. The molecule has 76 valence electrons. The van der Waals surface area contributed by atoms with Gasteiger partial charge in [-0.1, -0.05) is 6.07 Å². The smallest absolute Gasteiger partial charge is 0.329 e. The molecule has 0 spiro atoms. The number of nitriles is 1. The molecule has 1 saturated carbocycles. The van der Waals surface area contributed by atoms with Crippen LogP contribution in [0.15, 0.2) is 18.2 Å². The average molecular weight is 203 g/mol. The average Bonchev–Trinajstić information content (AvgIpc) is 2.99. The first-order valence-electron chi connectivity index (χ1n) is 4.55. The molecule has 0 amide bonds. The minimum absolute atomic E-state index is 0.279. The zero-order valence-corrected chi connectivity index (χ0v) is 7.90. The molecule has 15 heavy (non-hydrogen) atoms. The van der Waals surface area contributed by atoms with Crippen molar-refractivity contribution in [3.63, 3.8) is 0 Å². The molecule has 0 radical (unpaired) electrons. The lowest BCUT2D eigenvalue weighted by atomic mass is 10.2. The van der Waals surface area contributed by atoms with Crippen LogP contribution in [-0.2, 0) is 4.79 Å². The fourth-order valence-corrected chi connectivity index (χ4v) is 1.33. The Hall–Kier alpha value is -2.09. The molecule has 2 rings (SSSR count). The Kier molecular flexibility index (Phi) is 2.05. The number of aliphatic carboxylic acids is 1. The van der Waals surface area contributed by atoms with Gasteiger partial charge in [0.25, 0.3) is 0 Å². The highest BCUT2D eigenvalue weighted by atomic mass is 16.4. The quantitative estimate of drug-likeness (QED) is 0.764. The lowest BCUT2D eigenvalue weighted by Crippen LogP contribution is -2.31. The van der Waals surface area contributed by atoms with Gasteiger partial charge in [-0.15, -0.1) is 0 Å². The van der Waals surface area contributed by atoms with E-state index in [0.29, 0.717) is 18.7 Å². The molecule has 1 aromatic rings. The molecule has 0 aromatic carbocycles. The second-order valence-electron chi connectivity index (χ2n) is 3.53.